The predicted octanol–water partition coefficient (Wildman–Crippen LogP) is 8.26. The Bertz CT molecular complexity index is 1610. The number of benzene rings is 3. The van der Waals surface area contributed by atoms with Crippen LogP contribution in [-0.4, -0.2) is 38.1 Å². The van der Waals surface area contributed by atoms with E-state index in [1.807, 2.05) is 60.7 Å². The Morgan fingerprint density at radius 1 is 0.952 bits per heavy atom. The maximum atomic E-state index is 16.4. The Balaban J connectivity index is 1.62. The molecule has 3 heterocycles. The Morgan fingerprint density at radius 3 is 2.07 bits per heavy atom. The van der Waals surface area contributed by atoms with Crippen LogP contribution in [0.25, 0.3) is 5.69 Å². The molecule has 216 valence electrons. The highest BCUT2D eigenvalue weighted by Gasteiger charge is 2.52. The number of hydrogen-bond donors (Lipinski definition) is 0. The van der Waals surface area contributed by atoms with E-state index in [1.165, 1.54) is 4.90 Å². The van der Waals surface area contributed by atoms with Gasteiger partial charge in [-0.3, -0.25) is 4.90 Å². The Labute approximate surface area is 244 Å². The molecule has 2 bridgehead atoms. The van der Waals surface area contributed by atoms with Gasteiger partial charge in [0, 0.05) is 16.7 Å². The van der Waals surface area contributed by atoms with Crippen molar-refractivity contribution in [2.75, 3.05) is 0 Å². The van der Waals surface area contributed by atoms with Gasteiger partial charge in [-0.1, -0.05) is 60.7 Å². The SMILES string of the molecule is Cc1cc(-n2nc3c(c2N=C(c2ccccc2)c2ccccc2)[C@H]2CC[C@@H]([C@@H]3F)N2C(=O)OC(C)(C)C)cc(C)c1F. The van der Waals surface area contributed by atoms with Gasteiger partial charge < -0.3 is 4.74 Å². The largest absolute Gasteiger partial charge is 0.444 e. The van der Waals surface area contributed by atoms with Gasteiger partial charge in [-0.05, 0) is 70.7 Å². The van der Waals surface area contributed by atoms with Crippen molar-refractivity contribution in [3.05, 3.63) is 112 Å². The highest BCUT2D eigenvalue weighted by molar-refractivity contribution is 6.14. The van der Waals surface area contributed by atoms with Crippen molar-refractivity contribution in [3.8, 4) is 5.69 Å². The van der Waals surface area contributed by atoms with Gasteiger partial charge in [-0.15, -0.1) is 0 Å². The standard InChI is InChI=1S/C34H34F2N4O2/c1-20-18-24(19-21(2)28(20)35)40-32(37-30(22-12-8-6-9-13-22)23-14-10-7-11-15-23)27-25-16-17-26(29(36)31(27)38-40)39(25)33(41)42-34(3,4)5/h6-15,18-19,25-26,29H,16-17H2,1-5H3/t25-,26+,29+/m1/s1. The fraction of sp³-hybridized carbons (Fsp3) is 0.324. The molecule has 2 aliphatic heterocycles. The second-order valence-corrected chi connectivity index (χ2v) is 12.1. The van der Waals surface area contributed by atoms with Crippen LogP contribution in [0.4, 0.5) is 19.4 Å². The maximum absolute atomic E-state index is 16.4. The Morgan fingerprint density at radius 2 is 1.52 bits per heavy atom. The van der Waals surface area contributed by atoms with Crippen molar-refractivity contribution in [3.63, 3.8) is 0 Å². The number of amides is 1. The Hall–Kier alpha value is -4.33. The van der Waals surface area contributed by atoms with E-state index < -0.39 is 29.9 Å². The minimum Gasteiger partial charge on any atom is -0.444 e. The number of aryl methyl sites for hydroxylation is 2. The lowest BCUT2D eigenvalue weighted by Gasteiger charge is -2.37. The van der Waals surface area contributed by atoms with Crippen LogP contribution in [0.1, 0.15) is 79.3 Å². The van der Waals surface area contributed by atoms with E-state index in [1.54, 1.807) is 51.4 Å². The van der Waals surface area contributed by atoms with Gasteiger partial charge in [-0.25, -0.2) is 23.2 Å². The molecule has 1 fully saturated rings. The number of alkyl halides is 1. The van der Waals surface area contributed by atoms with E-state index in [0.717, 1.165) is 11.1 Å². The monoisotopic (exact) mass is 568 g/mol. The molecule has 2 aliphatic rings. The van der Waals surface area contributed by atoms with E-state index in [-0.39, 0.29) is 11.5 Å². The number of ether oxygens (including phenoxy) is 1. The van der Waals surface area contributed by atoms with Crippen LogP contribution >= 0.6 is 0 Å². The van der Waals surface area contributed by atoms with Crippen LogP contribution in [0.5, 0.6) is 0 Å². The summed E-state index contributed by atoms with van der Waals surface area (Å²) in [4.78, 5) is 20.2. The Kier molecular flexibility index (Phi) is 6.95. The van der Waals surface area contributed by atoms with E-state index in [0.29, 0.717) is 46.7 Å². The third kappa shape index (κ3) is 4.89. The molecule has 0 aliphatic carbocycles. The molecule has 4 aromatic rings. The summed E-state index contributed by atoms with van der Waals surface area (Å²) in [6, 6.07) is 21.8. The second-order valence-electron chi connectivity index (χ2n) is 12.1. The van der Waals surface area contributed by atoms with Gasteiger partial charge in [0.25, 0.3) is 0 Å². The third-order valence-electron chi connectivity index (χ3n) is 7.87. The lowest BCUT2D eigenvalue weighted by atomic mass is 9.97. The number of fused-ring (bicyclic) bond motifs is 4. The molecule has 42 heavy (non-hydrogen) atoms. The zero-order valence-electron chi connectivity index (χ0n) is 24.4. The number of rotatable bonds is 4. The van der Waals surface area contributed by atoms with Crippen LogP contribution < -0.4 is 0 Å². The summed E-state index contributed by atoms with van der Waals surface area (Å²) in [6.45, 7) is 8.79. The number of aliphatic imine (C=N–C) groups is 1. The topological polar surface area (TPSA) is 59.7 Å². The number of aromatic nitrogens is 2. The number of carbonyl (C=O) groups excluding carboxylic acids is 1. The first-order chi connectivity index (χ1) is 20.0. The highest BCUT2D eigenvalue weighted by atomic mass is 19.1. The van der Waals surface area contributed by atoms with Crippen LogP contribution in [0.2, 0.25) is 0 Å². The molecule has 6 rings (SSSR count). The summed E-state index contributed by atoms with van der Waals surface area (Å²) < 4.78 is 38.4. The fourth-order valence-corrected chi connectivity index (χ4v) is 6.06. The minimum absolute atomic E-state index is 0.265. The minimum atomic E-state index is -1.53. The summed E-state index contributed by atoms with van der Waals surface area (Å²) in [6.07, 6.45) is -1.03. The number of carbonyl (C=O) groups is 1. The lowest BCUT2D eigenvalue weighted by molar-refractivity contribution is 0.00113. The molecule has 1 saturated heterocycles. The summed E-state index contributed by atoms with van der Waals surface area (Å²) in [5.74, 6) is 0.119. The average Bonchev–Trinajstić information content (AvgIpc) is 3.53. The van der Waals surface area contributed by atoms with Gasteiger partial charge in [0.2, 0.25) is 0 Å². The van der Waals surface area contributed by atoms with E-state index >= 15 is 4.39 Å². The fourth-order valence-electron chi connectivity index (χ4n) is 6.06. The third-order valence-corrected chi connectivity index (χ3v) is 7.87. The van der Waals surface area contributed by atoms with E-state index in [4.69, 9.17) is 14.8 Å². The normalized spacial score (nSPS) is 19.4. The molecule has 6 nitrogen and oxygen atoms in total. The van der Waals surface area contributed by atoms with Gasteiger partial charge in [0.05, 0.1) is 23.5 Å². The lowest BCUT2D eigenvalue weighted by Crippen LogP contribution is -2.45. The molecule has 0 radical (unpaired) electrons. The smallest absolute Gasteiger partial charge is 0.411 e. The average molecular weight is 569 g/mol. The number of hydrogen-bond acceptors (Lipinski definition) is 4. The summed E-state index contributed by atoms with van der Waals surface area (Å²) in [5, 5.41) is 4.80. The van der Waals surface area contributed by atoms with Gasteiger partial charge >= 0.3 is 6.09 Å². The van der Waals surface area contributed by atoms with Crippen LogP contribution in [0, 0.1) is 19.7 Å². The summed E-state index contributed by atoms with van der Waals surface area (Å²) in [5.41, 5.74) is 4.00. The highest BCUT2D eigenvalue weighted by Crippen LogP contribution is 2.53. The van der Waals surface area contributed by atoms with Crippen molar-refractivity contribution in [1.82, 2.24) is 14.7 Å². The van der Waals surface area contributed by atoms with E-state index in [9.17, 15) is 9.18 Å². The zero-order chi connectivity index (χ0) is 29.8. The predicted molar refractivity (Wildman–Crippen MR) is 159 cm³/mol. The molecule has 0 unspecified atom stereocenters. The molecule has 0 spiro atoms. The number of halogens is 2. The molecule has 0 saturated carbocycles. The first kappa shape index (κ1) is 27.8. The van der Waals surface area contributed by atoms with E-state index in [2.05, 4.69) is 0 Å². The molecule has 0 N–H and O–H groups in total. The van der Waals surface area contributed by atoms with Crippen LogP contribution in [-0.2, 0) is 4.74 Å². The van der Waals surface area contributed by atoms with Crippen molar-refractivity contribution in [1.29, 1.82) is 0 Å². The molecule has 1 amide bonds. The molecular formula is C34H34F2N4O2. The number of nitrogens with zero attached hydrogens (tertiary/aromatic N) is 4. The van der Waals surface area contributed by atoms with Gasteiger partial charge in [0.1, 0.15) is 17.1 Å². The summed E-state index contributed by atoms with van der Waals surface area (Å²) in [7, 11) is 0. The molecule has 3 aromatic carbocycles. The molecule has 3 atom stereocenters. The van der Waals surface area contributed by atoms with Crippen molar-refractivity contribution in [2.45, 2.75) is 71.3 Å². The summed E-state index contributed by atoms with van der Waals surface area (Å²) >= 11 is 0. The first-order valence-corrected chi connectivity index (χ1v) is 14.3. The van der Waals surface area contributed by atoms with Crippen molar-refractivity contribution < 1.29 is 18.3 Å². The van der Waals surface area contributed by atoms with Crippen LogP contribution in [0.3, 0.4) is 0 Å². The molecule has 8 heteroatoms. The quantitative estimate of drug-likeness (QED) is 0.233. The molecule has 1 aromatic heterocycles. The van der Waals surface area contributed by atoms with Crippen LogP contribution in [0.15, 0.2) is 77.8 Å². The zero-order valence-corrected chi connectivity index (χ0v) is 24.4. The second kappa shape index (κ2) is 10.5. The first-order valence-electron chi connectivity index (χ1n) is 14.3. The van der Waals surface area contributed by atoms with Gasteiger partial charge in [0.15, 0.2) is 12.0 Å². The van der Waals surface area contributed by atoms with Crippen molar-refractivity contribution in [2.24, 2.45) is 4.99 Å². The van der Waals surface area contributed by atoms with Crippen molar-refractivity contribution >= 4 is 17.6 Å². The maximum Gasteiger partial charge on any atom is 0.411 e. The molecular weight excluding hydrogens is 534 g/mol. The van der Waals surface area contributed by atoms with Gasteiger partial charge in [-0.2, -0.15) is 5.10 Å².